The highest BCUT2D eigenvalue weighted by Crippen LogP contribution is 2.30. The van der Waals surface area contributed by atoms with Crippen molar-refractivity contribution in [3.63, 3.8) is 0 Å². The number of β-amino-alcohol motifs (C(OH)–C–C–N with tert-alkyl or cyclic N) is 1. The number of aliphatic hydroxyl groups is 1. The van der Waals surface area contributed by atoms with E-state index in [1.54, 1.807) is 38.9 Å². The van der Waals surface area contributed by atoms with Crippen molar-refractivity contribution >= 4 is 22.6 Å². The molecule has 2 N–H and O–H groups in total. The first-order valence-electron chi connectivity index (χ1n) is 11.7. The van der Waals surface area contributed by atoms with Crippen LogP contribution >= 0.6 is 0 Å². The molecule has 0 saturated carbocycles. The smallest absolute Gasteiger partial charge is 0.219 e. The lowest BCUT2D eigenvalue weighted by molar-refractivity contribution is -0.133. The van der Waals surface area contributed by atoms with Crippen LogP contribution < -0.4 is 5.32 Å². The number of nitrogens with zero attached hydrogens (tertiary/aromatic N) is 9. The summed E-state index contributed by atoms with van der Waals surface area (Å²) in [4.78, 5) is 22.3. The van der Waals surface area contributed by atoms with Crippen molar-refractivity contribution in [2.45, 2.75) is 45.4 Å². The second-order valence-corrected chi connectivity index (χ2v) is 9.16. The maximum atomic E-state index is 11.7. The Morgan fingerprint density at radius 3 is 2.81 bits per heavy atom. The quantitative estimate of drug-likeness (QED) is 0.431. The van der Waals surface area contributed by atoms with Crippen LogP contribution in [0.15, 0.2) is 36.9 Å². The van der Waals surface area contributed by atoms with Crippen molar-refractivity contribution in [1.82, 2.24) is 39.6 Å². The minimum atomic E-state index is -0.729. The normalized spacial score (nSPS) is 17.9. The summed E-state index contributed by atoms with van der Waals surface area (Å²) in [5, 5.41) is 37.0. The van der Waals surface area contributed by atoms with Gasteiger partial charge in [-0.25, -0.2) is 14.6 Å². The van der Waals surface area contributed by atoms with Gasteiger partial charge in [0.2, 0.25) is 5.91 Å². The van der Waals surface area contributed by atoms with Gasteiger partial charge in [-0.1, -0.05) is 5.21 Å². The van der Waals surface area contributed by atoms with Crippen LogP contribution in [0.1, 0.15) is 38.8 Å². The number of aliphatic hydroxyl groups excluding tert-OH is 1. The van der Waals surface area contributed by atoms with E-state index in [0.29, 0.717) is 35.7 Å². The summed E-state index contributed by atoms with van der Waals surface area (Å²) >= 11 is 0. The van der Waals surface area contributed by atoms with Crippen molar-refractivity contribution in [3.8, 4) is 23.1 Å². The molecule has 0 bridgehead atoms. The molecule has 0 spiro atoms. The molecule has 1 fully saturated rings. The number of likely N-dealkylation sites (tertiary alicyclic amines) is 1. The summed E-state index contributed by atoms with van der Waals surface area (Å²) in [7, 11) is 0. The van der Waals surface area contributed by atoms with Crippen LogP contribution in [-0.2, 0) is 4.79 Å². The number of aromatic nitrogens is 7. The van der Waals surface area contributed by atoms with Gasteiger partial charge < -0.3 is 15.3 Å². The van der Waals surface area contributed by atoms with Crippen molar-refractivity contribution in [3.05, 3.63) is 42.5 Å². The summed E-state index contributed by atoms with van der Waals surface area (Å²) < 4.78 is 3.30. The third-order valence-corrected chi connectivity index (χ3v) is 6.21. The van der Waals surface area contributed by atoms with Gasteiger partial charge >= 0.3 is 0 Å². The average Bonchev–Trinajstić information content (AvgIpc) is 3.50. The zero-order valence-electron chi connectivity index (χ0n) is 20.2. The van der Waals surface area contributed by atoms with Crippen LogP contribution in [0.4, 0.5) is 5.69 Å². The fourth-order valence-corrected chi connectivity index (χ4v) is 4.42. The maximum absolute atomic E-state index is 11.7. The Morgan fingerprint density at radius 1 is 1.25 bits per heavy atom. The molecule has 5 rings (SSSR count). The number of nitriles is 1. The van der Waals surface area contributed by atoms with Gasteiger partial charge in [0.05, 0.1) is 30.1 Å². The summed E-state index contributed by atoms with van der Waals surface area (Å²) in [6.45, 7) is 6.41. The summed E-state index contributed by atoms with van der Waals surface area (Å²) in [6.07, 6.45) is 6.53. The number of hydrogen-bond donors (Lipinski definition) is 2. The number of carbonyl (C=O) groups is 1. The van der Waals surface area contributed by atoms with Gasteiger partial charge in [-0.05, 0) is 26.3 Å². The van der Waals surface area contributed by atoms with Gasteiger partial charge in [0.1, 0.15) is 11.8 Å². The molecule has 4 aromatic rings. The fraction of sp³-hybridized carbons (Fsp3) is 0.375. The summed E-state index contributed by atoms with van der Waals surface area (Å²) in [6, 6.07) is 5.57. The molecule has 1 saturated heterocycles. The number of rotatable bonds is 5. The molecule has 184 valence electrons. The van der Waals surface area contributed by atoms with Gasteiger partial charge in [-0.15, -0.1) is 5.10 Å². The number of fused-ring (bicyclic) bond motifs is 1. The minimum Gasteiger partial charge on any atom is -0.389 e. The van der Waals surface area contributed by atoms with Gasteiger partial charge in [-0.2, -0.15) is 15.0 Å². The van der Waals surface area contributed by atoms with E-state index in [1.165, 1.54) is 13.1 Å². The first-order valence-corrected chi connectivity index (χ1v) is 11.7. The molecule has 12 heteroatoms. The first kappa shape index (κ1) is 23.4. The largest absolute Gasteiger partial charge is 0.389 e. The zero-order valence-corrected chi connectivity index (χ0v) is 20.2. The number of nitrogens with one attached hydrogen (secondary N) is 1. The van der Waals surface area contributed by atoms with Crippen molar-refractivity contribution < 1.29 is 9.90 Å². The number of hydrogen-bond acceptors (Lipinski definition) is 9. The van der Waals surface area contributed by atoms with E-state index in [-0.39, 0.29) is 24.5 Å². The molecule has 0 unspecified atom stereocenters. The Morgan fingerprint density at radius 2 is 2.08 bits per heavy atom. The van der Waals surface area contributed by atoms with Crippen LogP contribution in [0.2, 0.25) is 0 Å². The molecular weight excluding hydrogens is 460 g/mol. The Labute approximate surface area is 207 Å². The maximum Gasteiger partial charge on any atom is 0.219 e. The molecule has 36 heavy (non-hydrogen) atoms. The van der Waals surface area contributed by atoms with Crippen LogP contribution in [0.3, 0.4) is 0 Å². The van der Waals surface area contributed by atoms with E-state index >= 15 is 0 Å². The van der Waals surface area contributed by atoms with Crippen LogP contribution in [0.25, 0.3) is 28.1 Å². The van der Waals surface area contributed by atoms with E-state index in [2.05, 4.69) is 36.8 Å². The second kappa shape index (κ2) is 9.35. The highest BCUT2D eigenvalue weighted by atomic mass is 16.3. The molecule has 0 radical (unpaired) electrons. The molecule has 1 aliphatic heterocycles. The van der Waals surface area contributed by atoms with Gasteiger partial charge in [0, 0.05) is 61.2 Å². The van der Waals surface area contributed by atoms with Crippen LogP contribution in [0.5, 0.6) is 0 Å². The highest BCUT2D eigenvalue weighted by molar-refractivity contribution is 5.79. The van der Waals surface area contributed by atoms with Gasteiger partial charge in [-0.3, -0.25) is 4.79 Å². The van der Waals surface area contributed by atoms with Crippen LogP contribution in [-0.4, -0.2) is 75.9 Å². The predicted octanol–water partition coefficient (Wildman–Crippen LogP) is 1.92. The third-order valence-electron chi connectivity index (χ3n) is 6.21. The topological polar surface area (TPSA) is 151 Å². The number of carbonyl (C=O) groups excluding carboxylic acids is 1. The third kappa shape index (κ3) is 4.36. The Hall–Kier alpha value is -4.37. The van der Waals surface area contributed by atoms with Gasteiger partial charge in [0.15, 0.2) is 11.5 Å². The second-order valence-electron chi connectivity index (χ2n) is 9.16. The summed E-state index contributed by atoms with van der Waals surface area (Å²) in [5.74, 6) is 0.515. The summed E-state index contributed by atoms with van der Waals surface area (Å²) in [5.41, 5.74) is 3.23. The monoisotopic (exact) mass is 486 g/mol. The molecule has 1 aliphatic rings. The minimum absolute atomic E-state index is 0.0481. The number of amides is 1. The van der Waals surface area contributed by atoms with E-state index in [9.17, 15) is 9.90 Å². The van der Waals surface area contributed by atoms with E-state index in [1.807, 2.05) is 19.9 Å². The first-order chi connectivity index (χ1) is 17.3. The van der Waals surface area contributed by atoms with Crippen molar-refractivity contribution in [1.29, 1.82) is 5.26 Å². The number of piperidine rings is 1. The standard InChI is InChI=1S/C24H26N10O2/c1-14(2)29-19-7-23(34-24-17(10-28-34)6-16(8-25)9-27-24)26-11-18(19)20-12-33(31-30-20)21-4-5-32(15(3)35)13-22(21)36/h6-7,9-12,14,21-22,36H,4-5,13H2,1-3H3,(H,26,29)/t21-,22-/m1/s1. The average molecular weight is 487 g/mol. The Kier molecular flexibility index (Phi) is 6.07. The lowest BCUT2D eigenvalue weighted by atomic mass is 10.0. The van der Waals surface area contributed by atoms with E-state index in [4.69, 9.17) is 5.26 Å². The van der Waals surface area contributed by atoms with Gasteiger partial charge in [0.25, 0.3) is 0 Å². The predicted molar refractivity (Wildman–Crippen MR) is 131 cm³/mol. The van der Waals surface area contributed by atoms with Crippen molar-refractivity contribution in [2.75, 3.05) is 18.4 Å². The Balaban J connectivity index is 1.47. The van der Waals surface area contributed by atoms with Crippen LogP contribution in [0, 0.1) is 11.3 Å². The SMILES string of the molecule is CC(=O)N1CC[C@@H](n2cc(-c3cnc(-n4ncc5cc(C#N)cnc54)cc3NC(C)C)nn2)[C@H](O)C1. The molecule has 12 nitrogen and oxygen atoms in total. The lowest BCUT2D eigenvalue weighted by Gasteiger charge is -2.35. The molecule has 4 aromatic heterocycles. The zero-order chi connectivity index (χ0) is 25.4. The van der Waals surface area contributed by atoms with E-state index in [0.717, 1.165) is 16.6 Å². The molecule has 2 atom stereocenters. The Bertz CT molecular complexity index is 1470. The number of pyridine rings is 2. The van der Waals surface area contributed by atoms with Crippen molar-refractivity contribution in [2.24, 2.45) is 0 Å². The van der Waals surface area contributed by atoms with E-state index < -0.39 is 6.10 Å². The fourth-order valence-electron chi connectivity index (χ4n) is 4.42. The number of anilines is 1. The molecule has 0 aromatic carbocycles. The highest BCUT2D eigenvalue weighted by Gasteiger charge is 2.31. The molecule has 0 aliphatic carbocycles. The molecular formula is C24H26N10O2. The molecule has 1 amide bonds. The molecule has 5 heterocycles. The lowest BCUT2D eigenvalue weighted by Crippen LogP contribution is -2.46.